The molecule has 9 heteroatoms. The van der Waals surface area contributed by atoms with E-state index in [1.807, 2.05) is 17.2 Å². The standard InChI is InChI=1S/C25H26Br2ClN3O3/c26-18-8-17-2-1-16-9-19(28)10-20(27)22(16)23(24(17)29-12-18)15-3-5-31(6-4-15)21(32)7-14-11-30-25(33)34-13-14/h8-10,12,14-15,23H,1-7,11,13H2,(H,30,33). The molecule has 0 saturated carbocycles. The van der Waals surface area contributed by atoms with Crippen LogP contribution in [0.1, 0.15) is 47.6 Å². The monoisotopic (exact) mass is 609 g/mol. The van der Waals surface area contributed by atoms with E-state index in [9.17, 15) is 9.59 Å². The summed E-state index contributed by atoms with van der Waals surface area (Å²) in [7, 11) is 0. The molecule has 3 aliphatic rings. The van der Waals surface area contributed by atoms with Crippen molar-refractivity contribution in [3.8, 4) is 0 Å². The van der Waals surface area contributed by atoms with Crippen LogP contribution in [0.5, 0.6) is 0 Å². The smallest absolute Gasteiger partial charge is 0.407 e. The van der Waals surface area contributed by atoms with Crippen molar-refractivity contribution in [1.29, 1.82) is 0 Å². The van der Waals surface area contributed by atoms with Crippen molar-refractivity contribution < 1.29 is 14.3 Å². The number of cyclic esters (lactones) is 1. The fourth-order valence-corrected chi connectivity index (χ4v) is 7.05. The number of fused-ring (bicyclic) bond motifs is 2. The average molecular weight is 612 g/mol. The summed E-state index contributed by atoms with van der Waals surface area (Å²) in [6.45, 7) is 2.26. The van der Waals surface area contributed by atoms with E-state index in [1.165, 1.54) is 16.7 Å². The second kappa shape index (κ2) is 10.2. The molecule has 0 radical (unpaired) electrons. The SMILES string of the molecule is O=C1NCC(CC(=O)N2CCC(C3c4ncc(Br)cc4CCc4cc(Cl)cc(Br)c43)CC2)CO1. The van der Waals surface area contributed by atoms with Crippen molar-refractivity contribution in [3.05, 3.63) is 60.7 Å². The van der Waals surface area contributed by atoms with Gasteiger partial charge in [-0.05, 0) is 82.4 Å². The van der Waals surface area contributed by atoms with Crippen LogP contribution in [0.4, 0.5) is 4.79 Å². The number of halogens is 3. The van der Waals surface area contributed by atoms with Gasteiger partial charge in [-0.1, -0.05) is 27.5 Å². The fourth-order valence-electron chi connectivity index (χ4n) is 5.55. The number of aryl methyl sites for hydroxylation is 2. The summed E-state index contributed by atoms with van der Waals surface area (Å²) in [6.07, 6.45) is 5.58. The highest BCUT2D eigenvalue weighted by atomic mass is 79.9. The summed E-state index contributed by atoms with van der Waals surface area (Å²) >= 11 is 13.8. The number of likely N-dealkylation sites (tertiary alicyclic amines) is 1. The van der Waals surface area contributed by atoms with E-state index in [4.69, 9.17) is 21.3 Å². The van der Waals surface area contributed by atoms with E-state index in [2.05, 4.69) is 49.3 Å². The first kappa shape index (κ1) is 24.1. The molecule has 0 spiro atoms. The number of piperidine rings is 1. The quantitative estimate of drug-likeness (QED) is 0.500. The number of pyridine rings is 1. The summed E-state index contributed by atoms with van der Waals surface area (Å²) in [5.41, 5.74) is 4.98. The second-order valence-electron chi connectivity index (χ2n) is 9.40. The number of hydrogen-bond acceptors (Lipinski definition) is 4. The Labute approximate surface area is 221 Å². The Morgan fingerprint density at radius 3 is 2.68 bits per heavy atom. The van der Waals surface area contributed by atoms with Crippen LogP contribution in [0.15, 0.2) is 33.3 Å². The van der Waals surface area contributed by atoms with Crippen molar-refractivity contribution in [1.82, 2.24) is 15.2 Å². The van der Waals surface area contributed by atoms with E-state index >= 15 is 0 Å². The molecule has 34 heavy (non-hydrogen) atoms. The van der Waals surface area contributed by atoms with Gasteiger partial charge in [0.25, 0.3) is 0 Å². The van der Waals surface area contributed by atoms with Gasteiger partial charge in [0.2, 0.25) is 5.91 Å². The van der Waals surface area contributed by atoms with E-state index in [0.29, 0.717) is 25.5 Å². The number of ether oxygens (including phenoxy) is 1. The van der Waals surface area contributed by atoms with Gasteiger partial charge in [-0.3, -0.25) is 9.78 Å². The van der Waals surface area contributed by atoms with Crippen molar-refractivity contribution >= 4 is 55.5 Å². The van der Waals surface area contributed by atoms with Gasteiger partial charge < -0.3 is 15.0 Å². The minimum atomic E-state index is -0.401. The molecule has 2 amide bonds. The van der Waals surface area contributed by atoms with Crippen molar-refractivity contribution in [3.63, 3.8) is 0 Å². The number of carbonyl (C=O) groups excluding carboxylic acids is 2. The predicted molar refractivity (Wildman–Crippen MR) is 137 cm³/mol. The molecule has 2 unspecified atom stereocenters. The normalized spacial score (nSPS) is 22.8. The first-order chi connectivity index (χ1) is 16.4. The zero-order chi connectivity index (χ0) is 23.8. The molecule has 5 rings (SSSR count). The van der Waals surface area contributed by atoms with Crippen LogP contribution in [0.3, 0.4) is 0 Å². The molecular formula is C25H26Br2ClN3O3. The summed E-state index contributed by atoms with van der Waals surface area (Å²) in [5.74, 6) is 0.710. The van der Waals surface area contributed by atoms with Crippen LogP contribution in [0.25, 0.3) is 0 Å². The Morgan fingerprint density at radius 1 is 1.18 bits per heavy atom. The number of benzene rings is 1. The number of amides is 2. The van der Waals surface area contributed by atoms with Crippen LogP contribution < -0.4 is 5.32 Å². The number of carbonyl (C=O) groups is 2. The third-order valence-corrected chi connectivity index (χ3v) is 8.54. The summed E-state index contributed by atoms with van der Waals surface area (Å²) in [4.78, 5) is 31.0. The van der Waals surface area contributed by atoms with Crippen molar-refractivity contribution in [2.24, 2.45) is 11.8 Å². The highest BCUT2D eigenvalue weighted by Crippen LogP contribution is 2.46. The lowest BCUT2D eigenvalue weighted by atomic mass is 9.76. The van der Waals surface area contributed by atoms with Crippen molar-refractivity contribution in [2.45, 2.75) is 38.0 Å². The maximum atomic E-state index is 12.9. The predicted octanol–water partition coefficient (Wildman–Crippen LogP) is 5.48. The summed E-state index contributed by atoms with van der Waals surface area (Å²) < 4.78 is 7.07. The molecule has 2 aromatic rings. The van der Waals surface area contributed by atoms with E-state index in [0.717, 1.165) is 58.4 Å². The zero-order valence-corrected chi connectivity index (χ0v) is 22.6. The third kappa shape index (κ3) is 5.00. The lowest BCUT2D eigenvalue weighted by molar-refractivity contribution is -0.134. The van der Waals surface area contributed by atoms with Crippen LogP contribution in [-0.4, -0.2) is 48.1 Å². The van der Waals surface area contributed by atoms with Gasteiger partial charge in [-0.15, -0.1) is 0 Å². The molecular weight excluding hydrogens is 586 g/mol. The van der Waals surface area contributed by atoms with Crippen LogP contribution in [-0.2, 0) is 22.4 Å². The fraction of sp³-hybridized carbons (Fsp3) is 0.480. The summed E-state index contributed by atoms with van der Waals surface area (Å²) in [5, 5.41) is 3.42. The Balaban J connectivity index is 1.36. The molecule has 1 N–H and O–H groups in total. The maximum absolute atomic E-state index is 12.9. The first-order valence-corrected chi connectivity index (χ1v) is 13.7. The molecule has 6 nitrogen and oxygen atoms in total. The molecule has 1 aromatic heterocycles. The second-order valence-corrected chi connectivity index (χ2v) is 11.6. The van der Waals surface area contributed by atoms with Crippen LogP contribution in [0.2, 0.25) is 5.02 Å². The molecule has 2 saturated heterocycles. The number of aromatic nitrogens is 1. The number of hydrogen-bond donors (Lipinski definition) is 1. The minimum absolute atomic E-state index is 0.0342. The van der Waals surface area contributed by atoms with E-state index in [1.54, 1.807) is 0 Å². The van der Waals surface area contributed by atoms with Gasteiger partial charge in [0.1, 0.15) is 0 Å². The first-order valence-electron chi connectivity index (χ1n) is 11.7. The van der Waals surface area contributed by atoms with E-state index in [-0.39, 0.29) is 17.7 Å². The molecule has 1 aromatic carbocycles. The third-order valence-electron chi connectivity index (χ3n) is 7.23. The maximum Gasteiger partial charge on any atom is 0.407 e. The Bertz CT molecular complexity index is 1110. The van der Waals surface area contributed by atoms with Crippen LogP contribution >= 0.6 is 43.5 Å². The average Bonchev–Trinajstić information content (AvgIpc) is 2.97. The molecule has 0 bridgehead atoms. The van der Waals surface area contributed by atoms with Gasteiger partial charge in [0, 0.05) is 58.1 Å². The highest BCUT2D eigenvalue weighted by Gasteiger charge is 2.36. The van der Waals surface area contributed by atoms with Gasteiger partial charge in [0.15, 0.2) is 0 Å². The summed E-state index contributed by atoms with van der Waals surface area (Å²) in [6, 6.07) is 6.28. The molecule has 1 aliphatic carbocycles. The largest absolute Gasteiger partial charge is 0.449 e. The van der Waals surface area contributed by atoms with Crippen molar-refractivity contribution in [2.75, 3.05) is 26.2 Å². The van der Waals surface area contributed by atoms with Gasteiger partial charge >= 0.3 is 6.09 Å². The Hall–Kier alpha value is -1.64. The van der Waals surface area contributed by atoms with Gasteiger partial charge in [-0.2, -0.15) is 0 Å². The zero-order valence-electron chi connectivity index (χ0n) is 18.7. The number of nitrogens with one attached hydrogen (secondary N) is 1. The molecule has 2 atom stereocenters. The molecule has 180 valence electrons. The molecule has 2 aliphatic heterocycles. The molecule has 2 fully saturated rings. The Kier molecular flexibility index (Phi) is 7.19. The van der Waals surface area contributed by atoms with Gasteiger partial charge in [-0.25, -0.2) is 4.79 Å². The topological polar surface area (TPSA) is 71.5 Å². The van der Waals surface area contributed by atoms with E-state index < -0.39 is 6.09 Å². The van der Waals surface area contributed by atoms with Gasteiger partial charge in [0.05, 0.1) is 12.3 Å². The number of rotatable bonds is 3. The highest BCUT2D eigenvalue weighted by molar-refractivity contribution is 9.10. The number of nitrogens with zero attached hydrogens (tertiary/aromatic N) is 2. The molecule has 3 heterocycles. The minimum Gasteiger partial charge on any atom is -0.449 e. The lowest BCUT2D eigenvalue weighted by Crippen LogP contribution is -2.44. The Morgan fingerprint density at radius 2 is 1.94 bits per heavy atom. The lowest BCUT2D eigenvalue weighted by Gasteiger charge is -2.37. The number of alkyl carbamates (subject to hydrolysis) is 1. The van der Waals surface area contributed by atoms with Crippen LogP contribution in [0, 0.1) is 11.8 Å².